The fraction of sp³-hybridized carbons (Fsp3) is 0.400. The van der Waals surface area contributed by atoms with Crippen molar-refractivity contribution in [2.24, 2.45) is 0 Å². The average Bonchev–Trinajstić information content (AvgIpc) is 3.20. The third kappa shape index (κ3) is 3.97. The highest BCUT2D eigenvalue weighted by Gasteiger charge is 2.24. The number of nitrogens with one attached hydrogen (secondary N) is 1. The number of thiophene rings is 2. The molecule has 0 aromatic carbocycles. The van der Waals surface area contributed by atoms with E-state index in [0.717, 1.165) is 35.0 Å². The molecule has 1 aliphatic heterocycles. The summed E-state index contributed by atoms with van der Waals surface area (Å²) in [7, 11) is 0. The van der Waals surface area contributed by atoms with Crippen LogP contribution in [0.2, 0.25) is 0 Å². The molecule has 2 aromatic rings. The van der Waals surface area contributed by atoms with E-state index in [-0.39, 0.29) is 11.9 Å². The molecule has 7 heteroatoms. The first-order chi connectivity index (χ1) is 10.7. The number of carbonyl (C=O) groups excluding carboxylic acids is 1. The van der Waals surface area contributed by atoms with E-state index < -0.39 is 0 Å². The Morgan fingerprint density at radius 1 is 1.36 bits per heavy atom. The molecular formula is C15H17BrN2O2S2. The molecule has 0 spiro atoms. The van der Waals surface area contributed by atoms with Crippen LogP contribution >= 0.6 is 38.6 Å². The van der Waals surface area contributed by atoms with E-state index in [9.17, 15) is 4.79 Å². The Hall–Kier alpha value is -0.730. The predicted molar refractivity (Wildman–Crippen MR) is 93.8 cm³/mol. The van der Waals surface area contributed by atoms with Crippen LogP contribution in [-0.2, 0) is 4.74 Å². The molecule has 1 atom stereocenters. The maximum Gasteiger partial charge on any atom is 0.261 e. The second-order valence-electron chi connectivity index (χ2n) is 4.99. The predicted octanol–water partition coefficient (Wildman–Crippen LogP) is 3.38. The number of nitrogens with zero attached hydrogens (tertiary/aromatic N) is 1. The zero-order chi connectivity index (χ0) is 15.4. The fourth-order valence-electron chi connectivity index (χ4n) is 2.49. The quantitative estimate of drug-likeness (QED) is 0.836. The molecule has 3 heterocycles. The van der Waals surface area contributed by atoms with Gasteiger partial charge in [-0.2, -0.15) is 0 Å². The van der Waals surface area contributed by atoms with Gasteiger partial charge in [0.15, 0.2) is 0 Å². The van der Waals surface area contributed by atoms with Gasteiger partial charge in [-0.15, -0.1) is 22.7 Å². The molecule has 1 fully saturated rings. The van der Waals surface area contributed by atoms with Gasteiger partial charge in [-0.1, -0.05) is 6.07 Å². The minimum atomic E-state index is -0.00878. The van der Waals surface area contributed by atoms with Gasteiger partial charge in [-0.25, -0.2) is 0 Å². The lowest BCUT2D eigenvalue weighted by Gasteiger charge is -2.34. The van der Waals surface area contributed by atoms with E-state index >= 15 is 0 Å². The van der Waals surface area contributed by atoms with Crippen molar-refractivity contribution in [3.63, 3.8) is 0 Å². The summed E-state index contributed by atoms with van der Waals surface area (Å²) in [5.41, 5.74) is 0. The third-order valence-corrected chi connectivity index (χ3v) is 6.21. The summed E-state index contributed by atoms with van der Waals surface area (Å²) in [4.78, 5) is 16.7. The summed E-state index contributed by atoms with van der Waals surface area (Å²) in [5.74, 6) is -0.00878. The fourth-order valence-corrected chi connectivity index (χ4v) is 4.66. The van der Waals surface area contributed by atoms with E-state index in [2.05, 4.69) is 43.7 Å². The first-order valence-electron chi connectivity index (χ1n) is 7.13. The minimum absolute atomic E-state index is 0.00878. The van der Waals surface area contributed by atoms with E-state index in [4.69, 9.17) is 4.74 Å². The van der Waals surface area contributed by atoms with Crippen LogP contribution in [0.25, 0.3) is 0 Å². The minimum Gasteiger partial charge on any atom is -0.379 e. The smallest absolute Gasteiger partial charge is 0.261 e. The van der Waals surface area contributed by atoms with Crippen LogP contribution in [0.15, 0.2) is 33.4 Å². The zero-order valence-corrected chi connectivity index (χ0v) is 15.2. The Morgan fingerprint density at radius 2 is 2.18 bits per heavy atom. The summed E-state index contributed by atoms with van der Waals surface area (Å²) in [5, 5.41) is 5.16. The van der Waals surface area contributed by atoms with Crippen LogP contribution in [0.3, 0.4) is 0 Å². The maximum absolute atomic E-state index is 12.3. The van der Waals surface area contributed by atoms with Crippen LogP contribution in [0.1, 0.15) is 20.6 Å². The number of halogens is 1. The molecule has 1 N–H and O–H groups in total. The first kappa shape index (κ1) is 16.1. The monoisotopic (exact) mass is 400 g/mol. The summed E-state index contributed by atoms with van der Waals surface area (Å²) in [6.07, 6.45) is 0. The number of carbonyl (C=O) groups is 1. The summed E-state index contributed by atoms with van der Waals surface area (Å²) < 4.78 is 6.41. The van der Waals surface area contributed by atoms with E-state index in [0.29, 0.717) is 6.54 Å². The van der Waals surface area contributed by atoms with Gasteiger partial charge in [0.25, 0.3) is 5.91 Å². The molecule has 0 unspecified atom stereocenters. The summed E-state index contributed by atoms with van der Waals surface area (Å²) in [6, 6.07) is 8.16. The molecular weight excluding hydrogens is 384 g/mol. The molecule has 2 aromatic heterocycles. The number of morpholine rings is 1. The third-order valence-electron chi connectivity index (χ3n) is 3.61. The SMILES string of the molecule is O=C(NC[C@@H](c1cccs1)N1CCOCC1)c1ccc(Br)s1. The highest BCUT2D eigenvalue weighted by molar-refractivity contribution is 9.11. The number of amides is 1. The molecule has 1 saturated heterocycles. The van der Waals surface area contributed by atoms with Crippen molar-refractivity contribution in [2.75, 3.05) is 32.8 Å². The highest BCUT2D eigenvalue weighted by atomic mass is 79.9. The number of rotatable bonds is 5. The Morgan fingerprint density at radius 3 is 2.82 bits per heavy atom. The van der Waals surface area contributed by atoms with Crippen LogP contribution < -0.4 is 5.32 Å². The molecule has 3 rings (SSSR count). The van der Waals surface area contributed by atoms with Crippen LogP contribution in [0.4, 0.5) is 0 Å². The lowest BCUT2D eigenvalue weighted by atomic mass is 10.2. The van der Waals surface area contributed by atoms with Crippen molar-refractivity contribution >= 4 is 44.5 Å². The van der Waals surface area contributed by atoms with Gasteiger partial charge < -0.3 is 10.1 Å². The molecule has 1 aliphatic rings. The van der Waals surface area contributed by atoms with E-state index in [1.54, 1.807) is 11.3 Å². The number of ether oxygens (including phenoxy) is 1. The Balaban J connectivity index is 1.66. The van der Waals surface area contributed by atoms with Crippen molar-refractivity contribution in [1.82, 2.24) is 10.2 Å². The van der Waals surface area contributed by atoms with Crippen LogP contribution in [-0.4, -0.2) is 43.7 Å². The number of hydrogen-bond acceptors (Lipinski definition) is 5. The van der Waals surface area contributed by atoms with E-state index in [1.165, 1.54) is 16.2 Å². The molecule has 0 bridgehead atoms. The van der Waals surface area contributed by atoms with Crippen molar-refractivity contribution in [2.45, 2.75) is 6.04 Å². The lowest BCUT2D eigenvalue weighted by Crippen LogP contribution is -2.43. The average molecular weight is 401 g/mol. The van der Waals surface area contributed by atoms with Gasteiger partial charge in [0, 0.05) is 24.5 Å². The van der Waals surface area contributed by atoms with Gasteiger partial charge in [-0.3, -0.25) is 9.69 Å². The second kappa shape index (κ2) is 7.70. The zero-order valence-electron chi connectivity index (χ0n) is 12.0. The molecule has 0 aliphatic carbocycles. The normalized spacial score (nSPS) is 17.3. The van der Waals surface area contributed by atoms with Crippen molar-refractivity contribution in [1.29, 1.82) is 0 Å². The van der Waals surface area contributed by atoms with E-state index in [1.807, 2.05) is 12.1 Å². The first-order valence-corrected chi connectivity index (χ1v) is 9.61. The summed E-state index contributed by atoms with van der Waals surface area (Å²) in [6.45, 7) is 3.95. The van der Waals surface area contributed by atoms with Crippen LogP contribution in [0, 0.1) is 0 Å². The van der Waals surface area contributed by atoms with Gasteiger partial charge in [0.05, 0.1) is 27.9 Å². The molecule has 0 saturated carbocycles. The van der Waals surface area contributed by atoms with Crippen molar-refractivity contribution in [3.05, 3.63) is 43.2 Å². The molecule has 1 amide bonds. The largest absolute Gasteiger partial charge is 0.379 e. The van der Waals surface area contributed by atoms with Gasteiger partial charge in [-0.05, 0) is 39.5 Å². The standard InChI is InChI=1S/C15H17BrN2O2S2/c16-14-4-3-13(22-14)15(19)17-10-11(12-2-1-9-21-12)18-5-7-20-8-6-18/h1-4,9,11H,5-8,10H2,(H,17,19)/t11-/m0/s1. The molecule has 0 radical (unpaired) electrons. The second-order valence-corrected chi connectivity index (χ2v) is 8.44. The van der Waals surface area contributed by atoms with Crippen molar-refractivity contribution < 1.29 is 9.53 Å². The Kier molecular flexibility index (Phi) is 5.65. The topological polar surface area (TPSA) is 41.6 Å². The summed E-state index contributed by atoms with van der Waals surface area (Å²) >= 11 is 6.58. The molecule has 118 valence electrons. The van der Waals surface area contributed by atoms with Crippen LogP contribution in [0.5, 0.6) is 0 Å². The van der Waals surface area contributed by atoms with Gasteiger partial charge >= 0.3 is 0 Å². The van der Waals surface area contributed by atoms with Gasteiger partial charge in [0.1, 0.15) is 0 Å². The molecule has 4 nitrogen and oxygen atoms in total. The van der Waals surface area contributed by atoms with Gasteiger partial charge in [0.2, 0.25) is 0 Å². The maximum atomic E-state index is 12.3. The van der Waals surface area contributed by atoms with Crippen molar-refractivity contribution in [3.8, 4) is 0 Å². The Bertz CT molecular complexity index is 609. The lowest BCUT2D eigenvalue weighted by molar-refractivity contribution is 0.0169. The Labute approximate surface area is 146 Å². The number of hydrogen-bond donors (Lipinski definition) is 1. The molecule has 22 heavy (non-hydrogen) atoms. The highest BCUT2D eigenvalue weighted by Crippen LogP contribution is 2.26.